The van der Waals surface area contributed by atoms with Crippen LogP contribution in [0.2, 0.25) is 0 Å². The molecule has 0 saturated heterocycles. The van der Waals surface area contributed by atoms with Crippen molar-refractivity contribution in [1.82, 2.24) is 5.32 Å². The van der Waals surface area contributed by atoms with Crippen LogP contribution in [-0.4, -0.2) is 19.6 Å². The van der Waals surface area contributed by atoms with Gasteiger partial charge in [0.1, 0.15) is 11.5 Å². The molecule has 1 N–H and O–H groups in total. The Morgan fingerprint density at radius 1 is 1.23 bits per heavy atom. The average molecular weight is 370 g/mol. The van der Waals surface area contributed by atoms with Crippen LogP contribution >= 0.6 is 11.3 Å². The Morgan fingerprint density at radius 3 is 2.65 bits per heavy atom. The second-order valence-electron chi connectivity index (χ2n) is 5.88. The number of methoxy groups -OCH3 is 1. The lowest BCUT2D eigenvalue weighted by Gasteiger charge is -2.23. The van der Waals surface area contributed by atoms with E-state index < -0.39 is 0 Å². The van der Waals surface area contributed by atoms with Crippen molar-refractivity contribution in [1.29, 1.82) is 0 Å². The summed E-state index contributed by atoms with van der Waals surface area (Å²) in [6.45, 7) is 2.74. The molecule has 3 rings (SSSR count). The SMILES string of the molecule is COc1ccc(N(Cc2cccs2)C(=O)CN[C@H](C)c2ccco2)cc1. The highest BCUT2D eigenvalue weighted by atomic mass is 32.1. The quantitative estimate of drug-likeness (QED) is 0.645. The minimum absolute atomic E-state index is 0.00183. The summed E-state index contributed by atoms with van der Waals surface area (Å²) < 4.78 is 10.6. The molecule has 0 radical (unpaired) electrons. The number of rotatable bonds is 8. The Hall–Kier alpha value is -2.57. The molecule has 0 bridgehead atoms. The fourth-order valence-electron chi connectivity index (χ4n) is 2.62. The number of benzene rings is 1. The van der Waals surface area contributed by atoms with Crippen molar-refractivity contribution < 1.29 is 13.9 Å². The molecular formula is C20H22N2O3S. The van der Waals surface area contributed by atoms with E-state index in [9.17, 15) is 4.79 Å². The first kappa shape index (κ1) is 18.2. The zero-order chi connectivity index (χ0) is 18.4. The summed E-state index contributed by atoms with van der Waals surface area (Å²) >= 11 is 1.64. The summed E-state index contributed by atoms with van der Waals surface area (Å²) in [5, 5.41) is 5.25. The topological polar surface area (TPSA) is 54.7 Å². The van der Waals surface area contributed by atoms with Crippen LogP contribution in [0.15, 0.2) is 64.6 Å². The van der Waals surface area contributed by atoms with Gasteiger partial charge in [-0.3, -0.25) is 10.1 Å². The van der Waals surface area contributed by atoms with Gasteiger partial charge in [0.2, 0.25) is 5.91 Å². The van der Waals surface area contributed by atoms with Crippen LogP contribution < -0.4 is 15.0 Å². The molecule has 0 aliphatic carbocycles. The summed E-state index contributed by atoms with van der Waals surface area (Å²) in [5.74, 6) is 1.58. The van der Waals surface area contributed by atoms with E-state index in [0.29, 0.717) is 6.54 Å². The third kappa shape index (κ3) is 4.53. The monoisotopic (exact) mass is 370 g/mol. The van der Waals surface area contributed by atoms with Gasteiger partial charge < -0.3 is 14.1 Å². The Bertz CT molecular complexity index is 798. The number of nitrogens with zero attached hydrogens (tertiary/aromatic N) is 1. The van der Waals surface area contributed by atoms with Crippen molar-refractivity contribution in [2.75, 3.05) is 18.6 Å². The third-order valence-electron chi connectivity index (χ3n) is 4.11. The molecular weight excluding hydrogens is 348 g/mol. The molecule has 2 heterocycles. The number of furan rings is 1. The summed E-state index contributed by atoms with van der Waals surface area (Å²) in [5.41, 5.74) is 0.844. The van der Waals surface area contributed by atoms with Gasteiger partial charge in [0.05, 0.1) is 32.5 Å². The molecule has 0 aliphatic heterocycles. The molecule has 0 spiro atoms. The Balaban J connectivity index is 1.72. The number of thiophene rings is 1. The van der Waals surface area contributed by atoms with Crippen molar-refractivity contribution in [3.05, 3.63) is 70.8 Å². The molecule has 1 amide bonds. The van der Waals surface area contributed by atoms with Gasteiger partial charge in [0.25, 0.3) is 0 Å². The van der Waals surface area contributed by atoms with Gasteiger partial charge in [-0.2, -0.15) is 0 Å². The molecule has 1 atom stereocenters. The number of hydrogen-bond donors (Lipinski definition) is 1. The fraction of sp³-hybridized carbons (Fsp3) is 0.250. The Kier molecular flexibility index (Phi) is 6.09. The van der Waals surface area contributed by atoms with Gasteiger partial charge in [-0.25, -0.2) is 0 Å². The normalized spacial score (nSPS) is 11.9. The first-order valence-electron chi connectivity index (χ1n) is 8.41. The highest BCUT2D eigenvalue weighted by molar-refractivity contribution is 7.09. The van der Waals surface area contributed by atoms with Gasteiger partial charge >= 0.3 is 0 Å². The molecule has 136 valence electrons. The van der Waals surface area contributed by atoms with Gasteiger partial charge in [-0.05, 0) is 54.8 Å². The van der Waals surface area contributed by atoms with Gasteiger partial charge in [0.15, 0.2) is 0 Å². The maximum Gasteiger partial charge on any atom is 0.241 e. The van der Waals surface area contributed by atoms with Crippen LogP contribution in [0.5, 0.6) is 5.75 Å². The van der Waals surface area contributed by atoms with E-state index in [1.807, 2.05) is 60.8 Å². The van der Waals surface area contributed by atoms with Crippen LogP contribution in [-0.2, 0) is 11.3 Å². The van der Waals surface area contributed by atoms with E-state index in [1.165, 1.54) is 0 Å². The number of amides is 1. The lowest BCUT2D eigenvalue weighted by molar-refractivity contribution is -0.118. The minimum atomic E-state index is -0.0339. The van der Waals surface area contributed by atoms with Crippen LogP contribution in [0.25, 0.3) is 0 Å². The van der Waals surface area contributed by atoms with Crippen LogP contribution in [0, 0.1) is 0 Å². The summed E-state index contributed by atoms with van der Waals surface area (Å²) in [6, 6.07) is 15.3. The number of hydrogen-bond acceptors (Lipinski definition) is 5. The van der Waals surface area contributed by atoms with Gasteiger partial charge in [0, 0.05) is 10.6 Å². The smallest absolute Gasteiger partial charge is 0.241 e. The molecule has 3 aromatic rings. The third-order valence-corrected chi connectivity index (χ3v) is 4.97. The number of carbonyl (C=O) groups excluding carboxylic acids is 1. The predicted molar refractivity (Wildman–Crippen MR) is 104 cm³/mol. The Morgan fingerprint density at radius 2 is 2.04 bits per heavy atom. The van der Waals surface area contributed by atoms with Crippen LogP contribution in [0.4, 0.5) is 5.69 Å². The lowest BCUT2D eigenvalue weighted by Crippen LogP contribution is -2.38. The van der Waals surface area contributed by atoms with E-state index in [4.69, 9.17) is 9.15 Å². The van der Waals surface area contributed by atoms with E-state index >= 15 is 0 Å². The highest BCUT2D eigenvalue weighted by Gasteiger charge is 2.18. The molecule has 0 aliphatic rings. The highest BCUT2D eigenvalue weighted by Crippen LogP contribution is 2.23. The predicted octanol–water partition coefficient (Wildman–Crippen LogP) is 4.23. The molecule has 0 unspecified atom stereocenters. The zero-order valence-electron chi connectivity index (χ0n) is 14.8. The Labute approximate surface area is 157 Å². The fourth-order valence-corrected chi connectivity index (χ4v) is 3.31. The molecule has 0 saturated carbocycles. The molecule has 5 nitrogen and oxygen atoms in total. The lowest BCUT2D eigenvalue weighted by atomic mass is 10.2. The van der Waals surface area contributed by atoms with Crippen molar-refractivity contribution >= 4 is 22.9 Å². The standard InChI is InChI=1S/C20H22N2O3S/c1-15(19-6-3-11-25-19)21-13-20(23)22(14-18-5-4-12-26-18)16-7-9-17(24-2)10-8-16/h3-12,15,21H,13-14H2,1-2H3/t15-/m1/s1. The van der Waals surface area contributed by atoms with Crippen LogP contribution in [0.3, 0.4) is 0 Å². The number of carbonyl (C=O) groups is 1. The molecule has 6 heteroatoms. The second kappa shape index (κ2) is 8.69. The summed E-state index contributed by atoms with van der Waals surface area (Å²) in [6.07, 6.45) is 1.63. The zero-order valence-corrected chi connectivity index (χ0v) is 15.7. The van der Waals surface area contributed by atoms with Gasteiger partial charge in [-0.1, -0.05) is 6.07 Å². The van der Waals surface area contributed by atoms with E-state index in [0.717, 1.165) is 22.1 Å². The second-order valence-corrected chi connectivity index (χ2v) is 6.91. The van der Waals surface area contributed by atoms with Gasteiger partial charge in [-0.15, -0.1) is 11.3 Å². The number of ether oxygens (including phenoxy) is 1. The van der Waals surface area contributed by atoms with Crippen LogP contribution in [0.1, 0.15) is 23.6 Å². The van der Waals surface area contributed by atoms with Crippen molar-refractivity contribution in [3.63, 3.8) is 0 Å². The maximum absolute atomic E-state index is 12.9. The molecule has 26 heavy (non-hydrogen) atoms. The summed E-state index contributed by atoms with van der Waals surface area (Å²) in [7, 11) is 1.63. The molecule has 2 aromatic heterocycles. The average Bonchev–Trinajstić information content (AvgIpc) is 3.38. The van der Waals surface area contributed by atoms with Crippen molar-refractivity contribution in [3.8, 4) is 5.75 Å². The summed E-state index contributed by atoms with van der Waals surface area (Å²) in [4.78, 5) is 15.8. The largest absolute Gasteiger partial charge is 0.497 e. The maximum atomic E-state index is 12.9. The van der Waals surface area contributed by atoms with E-state index in [-0.39, 0.29) is 18.5 Å². The molecule has 0 fully saturated rings. The minimum Gasteiger partial charge on any atom is -0.497 e. The van der Waals surface area contributed by atoms with Crippen molar-refractivity contribution in [2.24, 2.45) is 0 Å². The first-order valence-corrected chi connectivity index (χ1v) is 9.29. The first-order chi connectivity index (χ1) is 12.7. The van der Waals surface area contributed by atoms with Crippen molar-refractivity contribution in [2.45, 2.75) is 19.5 Å². The number of anilines is 1. The molecule has 1 aromatic carbocycles. The number of nitrogens with one attached hydrogen (secondary N) is 1. The van der Waals surface area contributed by atoms with E-state index in [2.05, 4.69) is 5.32 Å². The van der Waals surface area contributed by atoms with E-state index in [1.54, 1.807) is 29.6 Å².